The molecule has 1 fully saturated rings. The Morgan fingerprint density at radius 2 is 1.74 bits per heavy atom. The van der Waals surface area contributed by atoms with Crippen LogP contribution in [0.15, 0.2) is 66.2 Å². The lowest BCUT2D eigenvalue weighted by atomic mass is 10.1. The lowest BCUT2D eigenvalue weighted by Crippen LogP contribution is -2.54. The van der Waals surface area contributed by atoms with Crippen molar-refractivity contribution in [3.8, 4) is 5.75 Å². The van der Waals surface area contributed by atoms with Crippen molar-refractivity contribution in [2.45, 2.75) is 20.5 Å². The summed E-state index contributed by atoms with van der Waals surface area (Å²) in [5.41, 5.74) is 3.32. The van der Waals surface area contributed by atoms with E-state index in [1.807, 2.05) is 19.9 Å². The molecule has 1 saturated heterocycles. The average molecular weight is 570 g/mol. The first-order valence-corrected chi connectivity index (χ1v) is 11.5. The van der Waals surface area contributed by atoms with Crippen LogP contribution in [0, 0.1) is 23.2 Å². The van der Waals surface area contributed by atoms with Crippen LogP contribution in [0.1, 0.15) is 22.3 Å². The van der Waals surface area contributed by atoms with Crippen LogP contribution >= 0.6 is 22.6 Å². The van der Waals surface area contributed by atoms with Gasteiger partial charge in [0.15, 0.2) is 0 Å². The number of carbonyl (C=O) groups excluding carboxylic acids is 3. The lowest BCUT2D eigenvalue weighted by Gasteiger charge is -2.27. The van der Waals surface area contributed by atoms with Gasteiger partial charge in [0.05, 0.1) is 9.26 Å². The van der Waals surface area contributed by atoms with Crippen molar-refractivity contribution >= 4 is 52.2 Å². The van der Waals surface area contributed by atoms with Gasteiger partial charge in [-0.15, -0.1) is 0 Å². The van der Waals surface area contributed by atoms with Crippen LogP contribution in [0.2, 0.25) is 0 Å². The SMILES string of the molecule is Cc1cc(C)cc(N2C(=O)NC(=O)/C(=C\c3ccc(OCc4cccc(F)c4)c(I)c3)C2=O)c1. The molecule has 1 aliphatic heterocycles. The predicted octanol–water partition coefficient (Wildman–Crippen LogP) is 5.29. The molecule has 0 aromatic heterocycles. The quantitative estimate of drug-likeness (QED) is 0.257. The fourth-order valence-electron chi connectivity index (χ4n) is 3.65. The first-order valence-electron chi connectivity index (χ1n) is 10.4. The van der Waals surface area contributed by atoms with Crippen molar-refractivity contribution in [3.05, 3.63) is 97.9 Å². The third-order valence-corrected chi connectivity index (χ3v) is 5.96. The number of imide groups is 2. The van der Waals surface area contributed by atoms with E-state index in [1.54, 1.807) is 42.5 Å². The lowest BCUT2D eigenvalue weighted by molar-refractivity contribution is -0.122. The van der Waals surface area contributed by atoms with Crippen LogP contribution in [-0.4, -0.2) is 17.8 Å². The zero-order valence-corrected chi connectivity index (χ0v) is 20.6. The molecule has 3 aromatic rings. The minimum atomic E-state index is -0.784. The summed E-state index contributed by atoms with van der Waals surface area (Å²) in [7, 11) is 0. The molecular formula is C26H20FIN2O4. The molecular weight excluding hydrogens is 550 g/mol. The zero-order chi connectivity index (χ0) is 24.4. The Labute approximate surface area is 209 Å². The molecule has 8 heteroatoms. The number of benzene rings is 3. The number of nitrogens with one attached hydrogen (secondary N) is 1. The summed E-state index contributed by atoms with van der Waals surface area (Å²) in [6, 6.07) is 15.9. The van der Waals surface area contributed by atoms with Crippen molar-refractivity contribution in [1.29, 1.82) is 0 Å². The number of halogens is 2. The second kappa shape index (κ2) is 9.76. The maximum atomic E-state index is 13.4. The maximum Gasteiger partial charge on any atom is 0.335 e. The Bertz CT molecular complexity index is 1330. The number of anilines is 1. The Kier molecular flexibility index (Phi) is 6.78. The minimum Gasteiger partial charge on any atom is -0.488 e. The highest BCUT2D eigenvalue weighted by Crippen LogP contribution is 2.27. The molecule has 4 rings (SSSR count). The number of nitrogens with zero attached hydrogens (tertiary/aromatic N) is 1. The van der Waals surface area contributed by atoms with E-state index in [1.165, 1.54) is 18.2 Å². The summed E-state index contributed by atoms with van der Waals surface area (Å²) in [4.78, 5) is 39.0. The van der Waals surface area contributed by atoms with Crippen molar-refractivity contribution in [2.24, 2.45) is 0 Å². The maximum absolute atomic E-state index is 13.4. The van der Waals surface area contributed by atoms with Crippen LogP contribution in [0.4, 0.5) is 14.9 Å². The van der Waals surface area contributed by atoms with E-state index in [2.05, 4.69) is 27.9 Å². The molecule has 1 aliphatic rings. The smallest absolute Gasteiger partial charge is 0.335 e. The number of carbonyl (C=O) groups is 3. The Balaban J connectivity index is 1.58. The van der Waals surface area contributed by atoms with Crippen molar-refractivity contribution in [3.63, 3.8) is 0 Å². The number of hydrogen-bond acceptors (Lipinski definition) is 4. The van der Waals surface area contributed by atoms with Gasteiger partial charge in [-0.3, -0.25) is 14.9 Å². The van der Waals surface area contributed by atoms with E-state index < -0.39 is 17.8 Å². The van der Waals surface area contributed by atoms with Crippen molar-refractivity contribution < 1.29 is 23.5 Å². The van der Waals surface area contributed by atoms with Crippen LogP contribution in [-0.2, 0) is 16.2 Å². The summed E-state index contributed by atoms with van der Waals surface area (Å²) in [6.45, 7) is 3.93. The van der Waals surface area contributed by atoms with E-state index in [9.17, 15) is 18.8 Å². The number of barbiturate groups is 1. The highest BCUT2D eigenvalue weighted by Gasteiger charge is 2.37. The Hall–Kier alpha value is -3.53. The number of hydrogen-bond donors (Lipinski definition) is 1. The third kappa shape index (κ3) is 5.17. The fourth-order valence-corrected chi connectivity index (χ4v) is 4.35. The standard InChI is InChI=1S/C26H20FIN2O4/c1-15-8-16(2)10-20(9-15)30-25(32)21(24(31)29-26(30)33)12-17-6-7-23(22(28)13-17)34-14-18-4-3-5-19(27)11-18/h3-13H,14H2,1-2H3,(H,29,31,33)/b21-12+. The largest absolute Gasteiger partial charge is 0.488 e. The first kappa shape index (κ1) is 23.6. The zero-order valence-electron chi connectivity index (χ0n) is 18.4. The molecule has 172 valence electrons. The minimum absolute atomic E-state index is 0.150. The molecule has 0 atom stereocenters. The number of amides is 4. The molecule has 0 radical (unpaired) electrons. The van der Waals surface area contributed by atoms with Gasteiger partial charge in [0.1, 0.15) is 23.7 Å². The van der Waals surface area contributed by atoms with E-state index in [-0.39, 0.29) is 18.0 Å². The van der Waals surface area contributed by atoms with E-state index in [0.717, 1.165) is 19.6 Å². The molecule has 4 amide bonds. The molecule has 0 spiro atoms. The molecule has 0 aliphatic carbocycles. The van der Waals surface area contributed by atoms with Crippen molar-refractivity contribution in [1.82, 2.24) is 5.32 Å². The van der Waals surface area contributed by atoms with Gasteiger partial charge in [-0.1, -0.05) is 24.3 Å². The second-order valence-electron chi connectivity index (χ2n) is 7.91. The summed E-state index contributed by atoms with van der Waals surface area (Å²) in [6.07, 6.45) is 1.44. The highest BCUT2D eigenvalue weighted by molar-refractivity contribution is 14.1. The molecule has 3 aromatic carbocycles. The third-order valence-electron chi connectivity index (χ3n) is 5.12. The molecule has 1 heterocycles. The van der Waals surface area contributed by atoms with Gasteiger partial charge in [-0.2, -0.15) is 0 Å². The fraction of sp³-hybridized carbons (Fsp3) is 0.115. The summed E-state index contributed by atoms with van der Waals surface area (Å²) in [5, 5.41) is 2.24. The number of ether oxygens (including phenoxy) is 1. The summed E-state index contributed by atoms with van der Waals surface area (Å²) >= 11 is 2.09. The van der Waals surface area contributed by atoms with Gasteiger partial charge < -0.3 is 4.74 Å². The number of aryl methyl sites for hydroxylation is 2. The normalized spacial score (nSPS) is 15.0. The topological polar surface area (TPSA) is 75.7 Å². The Morgan fingerprint density at radius 3 is 2.41 bits per heavy atom. The van der Waals surface area contributed by atoms with Gasteiger partial charge in [0.2, 0.25) is 0 Å². The van der Waals surface area contributed by atoms with Gasteiger partial charge in [0.25, 0.3) is 11.8 Å². The molecule has 1 N–H and O–H groups in total. The van der Waals surface area contributed by atoms with Gasteiger partial charge in [-0.05, 0) is 101 Å². The summed E-state index contributed by atoms with van der Waals surface area (Å²) in [5.74, 6) is -1.20. The molecule has 34 heavy (non-hydrogen) atoms. The van der Waals surface area contributed by atoms with Crippen LogP contribution in [0.3, 0.4) is 0 Å². The van der Waals surface area contributed by atoms with E-state index in [0.29, 0.717) is 22.6 Å². The van der Waals surface area contributed by atoms with E-state index in [4.69, 9.17) is 4.74 Å². The molecule has 0 saturated carbocycles. The number of urea groups is 1. The van der Waals surface area contributed by atoms with E-state index >= 15 is 0 Å². The monoisotopic (exact) mass is 570 g/mol. The highest BCUT2D eigenvalue weighted by atomic mass is 127. The molecule has 6 nitrogen and oxygen atoms in total. The number of rotatable bonds is 5. The first-order chi connectivity index (χ1) is 16.2. The molecule has 0 bridgehead atoms. The average Bonchev–Trinajstić information content (AvgIpc) is 2.75. The van der Waals surface area contributed by atoms with Crippen molar-refractivity contribution in [2.75, 3.05) is 4.90 Å². The van der Waals surface area contributed by atoms with Crippen LogP contribution in [0.5, 0.6) is 5.75 Å². The van der Waals surface area contributed by atoms with Crippen LogP contribution in [0.25, 0.3) is 6.08 Å². The second-order valence-corrected chi connectivity index (χ2v) is 9.07. The predicted molar refractivity (Wildman–Crippen MR) is 135 cm³/mol. The van der Waals surface area contributed by atoms with Crippen LogP contribution < -0.4 is 15.0 Å². The van der Waals surface area contributed by atoms with Gasteiger partial charge in [0, 0.05) is 0 Å². The Morgan fingerprint density at radius 1 is 1.00 bits per heavy atom. The van der Waals surface area contributed by atoms with Gasteiger partial charge in [-0.25, -0.2) is 14.1 Å². The van der Waals surface area contributed by atoms with Gasteiger partial charge >= 0.3 is 6.03 Å². The molecule has 0 unspecified atom stereocenters. The summed E-state index contributed by atoms with van der Waals surface area (Å²) < 4.78 is 19.9.